The van der Waals surface area contributed by atoms with Crippen molar-refractivity contribution in [3.05, 3.63) is 64.7 Å². The van der Waals surface area contributed by atoms with Gasteiger partial charge in [0.25, 0.3) is 5.91 Å². The Hall–Kier alpha value is -2.23. The van der Waals surface area contributed by atoms with Crippen molar-refractivity contribution in [2.24, 2.45) is 0 Å². The van der Waals surface area contributed by atoms with Crippen LogP contribution >= 0.6 is 0 Å². The van der Waals surface area contributed by atoms with E-state index in [1.807, 2.05) is 26.0 Å². The Morgan fingerprint density at radius 1 is 1.00 bits per heavy atom. The molecule has 2 aromatic carbocycles. The second-order valence-corrected chi connectivity index (χ2v) is 4.76. The molecule has 0 bridgehead atoms. The zero-order chi connectivity index (χ0) is 14.9. The van der Waals surface area contributed by atoms with E-state index in [0.29, 0.717) is 11.8 Å². The van der Waals surface area contributed by atoms with Gasteiger partial charge in [0, 0.05) is 18.8 Å². The first-order chi connectivity index (χ1) is 9.40. The Balaban J connectivity index is 2.34. The van der Waals surface area contributed by atoms with Gasteiger partial charge in [-0.3, -0.25) is 4.79 Å². The van der Waals surface area contributed by atoms with Gasteiger partial charge in [-0.05, 0) is 49.2 Å². The number of halogens is 2. The second kappa shape index (κ2) is 5.41. The van der Waals surface area contributed by atoms with Crippen LogP contribution in [0.5, 0.6) is 0 Å². The lowest BCUT2D eigenvalue weighted by molar-refractivity contribution is 0.0989. The first kappa shape index (κ1) is 14.2. The highest BCUT2D eigenvalue weighted by atomic mass is 19.1. The van der Waals surface area contributed by atoms with Crippen LogP contribution in [0.3, 0.4) is 0 Å². The Morgan fingerprint density at radius 3 is 2.30 bits per heavy atom. The molecule has 0 aliphatic carbocycles. The van der Waals surface area contributed by atoms with E-state index in [4.69, 9.17) is 0 Å². The highest BCUT2D eigenvalue weighted by Crippen LogP contribution is 2.20. The Labute approximate surface area is 116 Å². The van der Waals surface area contributed by atoms with E-state index in [-0.39, 0.29) is 5.56 Å². The van der Waals surface area contributed by atoms with E-state index in [1.165, 1.54) is 4.90 Å². The molecule has 2 nitrogen and oxygen atoms in total. The lowest BCUT2D eigenvalue weighted by atomic mass is 10.1. The smallest absolute Gasteiger partial charge is 0.260 e. The molecule has 0 saturated heterocycles. The summed E-state index contributed by atoms with van der Waals surface area (Å²) in [6.45, 7) is 3.91. The number of hydrogen-bond donors (Lipinski definition) is 0. The highest BCUT2D eigenvalue weighted by molar-refractivity contribution is 6.05. The number of amides is 1. The first-order valence-corrected chi connectivity index (χ1v) is 6.20. The monoisotopic (exact) mass is 275 g/mol. The van der Waals surface area contributed by atoms with Crippen molar-refractivity contribution in [1.29, 1.82) is 0 Å². The van der Waals surface area contributed by atoms with Crippen LogP contribution in [0, 0.1) is 25.5 Å². The molecule has 2 aromatic rings. The van der Waals surface area contributed by atoms with Gasteiger partial charge in [-0.1, -0.05) is 6.07 Å². The Bertz CT molecular complexity index is 668. The van der Waals surface area contributed by atoms with Gasteiger partial charge in [-0.2, -0.15) is 0 Å². The van der Waals surface area contributed by atoms with Gasteiger partial charge in [-0.25, -0.2) is 8.78 Å². The molecule has 0 fully saturated rings. The number of rotatable bonds is 2. The number of carbonyl (C=O) groups is 1. The van der Waals surface area contributed by atoms with Gasteiger partial charge in [0.05, 0.1) is 5.56 Å². The van der Waals surface area contributed by atoms with E-state index < -0.39 is 17.5 Å². The van der Waals surface area contributed by atoms with Crippen molar-refractivity contribution < 1.29 is 13.6 Å². The largest absolute Gasteiger partial charge is 0.311 e. The lowest BCUT2D eigenvalue weighted by Gasteiger charge is -2.19. The summed E-state index contributed by atoms with van der Waals surface area (Å²) in [7, 11) is 1.56. The molecule has 0 aliphatic heterocycles. The lowest BCUT2D eigenvalue weighted by Crippen LogP contribution is -2.27. The van der Waals surface area contributed by atoms with Gasteiger partial charge in [0.1, 0.15) is 11.6 Å². The van der Waals surface area contributed by atoms with Crippen molar-refractivity contribution in [1.82, 2.24) is 0 Å². The van der Waals surface area contributed by atoms with Crippen LogP contribution in [-0.4, -0.2) is 13.0 Å². The third-order valence-corrected chi connectivity index (χ3v) is 3.34. The number of anilines is 1. The second-order valence-electron chi connectivity index (χ2n) is 4.76. The Morgan fingerprint density at radius 2 is 1.70 bits per heavy atom. The van der Waals surface area contributed by atoms with Crippen molar-refractivity contribution in [2.75, 3.05) is 11.9 Å². The summed E-state index contributed by atoms with van der Waals surface area (Å²) in [4.78, 5) is 13.6. The average Bonchev–Trinajstić information content (AvgIpc) is 2.40. The summed E-state index contributed by atoms with van der Waals surface area (Å²) in [5.74, 6) is -2.07. The molecule has 0 aliphatic rings. The molecule has 0 atom stereocenters. The fraction of sp³-hybridized carbons (Fsp3) is 0.188. The maximum atomic E-state index is 13.6. The number of carbonyl (C=O) groups excluding carboxylic acids is 1. The van der Waals surface area contributed by atoms with Gasteiger partial charge in [-0.15, -0.1) is 0 Å². The maximum absolute atomic E-state index is 13.6. The molecule has 1 amide bonds. The van der Waals surface area contributed by atoms with Crippen LogP contribution in [0.15, 0.2) is 36.4 Å². The molecule has 4 heteroatoms. The molecule has 0 spiro atoms. The standard InChI is InChI=1S/C16H15F2NO/c1-10-4-6-13(8-11(10)2)19(3)16(20)14-7-5-12(17)9-15(14)18/h4-9H,1-3H3. The SMILES string of the molecule is Cc1ccc(N(C)C(=O)c2ccc(F)cc2F)cc1C. The van der Waals surface area contributed by atoms with Crippen LogP contribution in [-0.2, 0) is 0 Å². The van der Waals surface area contributed by atoms with E-state index in [0.717, 1.165) is 23.3 Å². The number of nitrogens with zero attached hydrogens (tertiary/aromatic N) is 1. The highest BCUT2D eigenvalue weighted by Gasteiger charge is 2.18. The van der Waals surface area contributed by atoms with E-state index in [1.54, 1.807) is 13.1 Å². The molecule has 20 heavy (non-hydrogen) atoms. The summed E-state index contributed by atoms with van der Waals surface area (Å²) in [6.07, 6.45) is 0. The average molecular weight is 275 g/mol. The molecule has 0 heterocycles. The van der Waals surface area contributed by atoms with Crippen molar-refractivity contribution >= 4 is 11.6 Å². The summed E-state index contributed by atoms with van der Waals surface area (Å²) >= 11 is 0. The minimum atomic E-state index is -0.856. The van der Waals surface area contributed by atoms with Gasteiger partial charge >= 0.3 is 0 Å². The third-order valence-electron chi connectivity index (χ3n) is 3.34. The fourth-order valence-electron chi connectivity index (χ4n) is 1.90. The maximum Gasteiger partial charge on any atom is 0.260 e. The Kier molecular flexibility index (Phi) is 3.84. The predicted octanol–water partition coefficient (Wildman–Crippen LogP) is 3.86. The third kappa shape index (κ3) is 2.69. The molecule has 0 radical (unpaired) electrons. The van der Waals surface area contributed by atoms with Gasteiger partial charge in [0.15, 0.2) is 0 Å². The quantitative estimate of drug-likeness (QED) is 0.815. The van der Waals surface area contributed by atoms with Crippen LogP contribution in [0.2, 0.25) is 0 Å². The van der Waals surface area contributed by atoms with Crippen molar-refractivity contribution in [2.45, 2.75) is 13.8 Å². The van der Waals surface area contributed by atoms with E-state index in [9.17, 15) is 13.6 Å². The molecule has 0 saturated carbocycles. The number of hydrogen-bond acceptors (Lipinski definition) is 1. The minimum Gasteiger partial charge on any atom is -0.311 e. The summed E-state index contributed by atoms with van der Waals surface area (Å²) in [5.41, 5.74) is 2.68. The number of aryl methyl sites for hydroxylation is 2. The van der Waals surface area contributed by atoms with Gasteiger partial charge < -0.3 is 4.90 Å². The predicted molar refractivity (Wildman–Crippen MR) is 75.0 cm³/mol. The summed E-state index contributed by atoms with van der Waals surface area (Å²) in [6, 6.07) is 8.49. The molecular weight excluding hydrogens is 260 g/mol. The number of benzene rings is 2. The first-order valence-electron chi connectivity index (χ1n) is 6.20. The molecular formula is C16H15F2NO. The molecule has 0 unspecified atom stereocenters. The van der Waals surface area contributed by atoms with Crippen LogP contribution in [0.25, 0.3) is 0 Å². The van der Waals surface area contributed by atoms with E-state index >= 15 is 0 Å². The zero-order valence-corrected chi connectivity index (χ0v) is 11.6. The van der Waals surface area contributed by atoms with Crippen LogP contribution in [0.4, 0.5) is 14.5 Å². The fourth-order valence-corrected chi connectivity index (χ4v) is 1.90. The summed E-state index contributed by atoms with van der Waals surface area (Å²) in [5, 5.41) is 0. The topological polar surface area (TPSA) is 20.3 Å². The minimum absolute atomic E-state index is 0.146. The molecule has 0 aromatic heterocycles. The normalized spacial score (nSPS) is 10.4. The van der Waals surface area contributed by atoms with Gasteiger partial charge in [0.2, 0.25) is 0 Å². The van der Waals surface area contributed by atoms with Crippen molar-refractivity contribution in [3.63, 3.8) is 0 Å². The molecule has 0 N–H and O–H groups in total. The molecule has 104 valence electrons. The molecule has 2 rings (SSSR count). The zero-order valence-electron chi connectivity index (χ0n) is 11.6. The van der Waals surface area contributed by atoms with E-state index in [2.05, 4.69) is 0 Å². The van der Waals surface area contributed by atoms with Crippen LogP contribution < -0.4 is 4.90 Å². The van der Waals surface area contributed by atoms with Crippen molar-refractivity contribution in [3.8, 4) is 0 Å². The summed E-state index contributed by atoms with van der Waals surface area (Å²) < 4.78 is 26.5. The van der Waals surface area contributed by atoms with Crippen LogP contribution in [0.1, 0.15) is 21.5 Å².